The second-order valence-corrected chi connectivity index (χ2v) is 9.45. The number of phenolic OH excluding ortho intramolecular Hbond substituents is 1. The van der Waals surface area contributed by atoms with Gasteiger partial charge in [0.15, 0.2) is 5.01 Å². The number of benzene rings is 1. The summed E-state index contributed by atoms with van der Waals surface area (Å²) in [7, 11) is 3.91. The van der Waals surface area contributed by atoms with Crippen molar-refractivity contribution in [1.82, 2.24) is 25.3 Å². The minimum absolute atomic E-state index is 0.00232. The zero-order valence-corrected chi connectivity index (χ0v) is 18.0. The van der Waals surface area contributed by atoms with E-state index in [1.165, 1.54) is 11.3 Å². The molecule has 0 amide bonds. The second-order valence-electron chi connectivity index (χ2n) is 8.51. The van der Waals surface area contributed by atoms with E-state index in [-0.39, 0.29) is 23.4 Å². The van der Waals surface area contributed by atoms with Gasteiger partial charge in [-0.15, -0.1) is 5.10 Å². The van der Waals surface area contributed by atoms with Gasteiger partial charge in [0.1, 0.15) is 18.0 Å². The number of phenols is 1. The third-order valence-corrected chi connectivity index (χ3v) is 7.37. The molecule has 4 heterocycles. The zero-order chi connectivity index (χ0) is 20.9. The van der Waals surface area contributed by atoms with E-state index >= 15 is 0 Å². The maximum atomic E-state index is 10.6. The second kappa shape index (κ2) is 7.33. The van der Waals surface area contributed by atoms with Gasteiger partial charge in [0.25, 0.3) is 5.19 Å². The number of hydrogen-bond acceptors (Lipinski definition) is 8. The predicted octanol–water partition coefficient (Wildman–Crippen LogP) is 3.18. The van der Waals surface area contributed by atoms with Gasteiger partial charge in [-0.2, -0.15) is 5.10 Å². The molecule has 1 aliphatic carbocycles. The predicted molar refractivity (Wildman–Crippen MR) is 114 cm³/mol. The van der Waals surface area contributed by atoms with Crippen molar-refractivity contribution in [3.63, 3.8) is 0 Å². The highest BCUT2D eigenvalue weighted by Crippen LogP contribution is 2.47. The highest BCUT2D eigenvalue weighted by Gasteiger charge is 2.55. The molecule has 9 heteroatoms. The lowest BCUT2D eigenvalue weighted by molar-refractivity contribution is -0.174. The van der Waals surface area contributed by atoms with Gasteiger partial charge in [-0.05, 0) is 37.6 Å². The van der Waals surface area contributed by atoms with Gasteiger partial charge in [-0.25, -0.2) is 0 Å². The van der Waals surface area contributed by atoms with Crippen LogP contribution in [0.3, 0.4) is 0 Å². The van der Waals surface area contributed by atoms with Crippen LogP contribution in [0.15, 0.2) is 30.6 Å². The van der Waals surface area contributed by atoms with Gasteiger partial charge in [-0.3, -0.25) is 5.10 Å². The number of nitrogens with zero attached hydrogens (tertiary/aromatic N) is 4. The number of rotatable bonds is 5. The molecule has 3 aromatic rings. The molecule has 1 saturated carbocycles. The first-order valence-electron chi connectivity index (χ1n) is 10.0. The summed E-state index contributed by atoms with van der Waals surface area (Å²) in [5, 5.41) is 26.9. The summed E-state index contributed by atoms with van der Waals surface area (Å²) in [5.74, 6) is 0.150. The van der Waals surface area contributed by atoms with Crippen molar-refractivity contribution < 1.29 is 14.6 Å². The van der Waals surface area contributed by atoms with E-state index in [0.29, 0.717) is 21.8 Å². The van der Waals surface area contributed by atoms with Crippen LogP contribution in [-0.4, -0.2) is 69.4 Å². The molecule has 2 bridgehead atoms. The number of piperidine rings is 2. The number of fused-ring (bicyclic) bond motifs is 3. The Bertz CT molecular complexity index is 1040. The van der Waals surface area contributed by atoms with Gasteiger partial charge in [-0.1, -0.05) is 29.4 Å². The molecule has 8 nitrogen and oxygen atoms in total. The standard InChI is InChI=1S/C21H25N5O3S/c1-21-7-6-15(26(2)11-21)17(28-3)18(21)29-20-25-24-19(30-20)14-5-4-12(8-16(14)27)13-9-22-23-10-13/h4-5,8-10,15,17-18,27H,6-7,11H2,1-3H3,(H,22,23)/t15?,17?,18-,21+/m0/s1. The number of aromatic nitrogens is 4. The van der Waals surface area contributed by atoms with E-state index in [0.717, 1.165) is 30.5 Å². The average molecular weight is 428 g/mol. The van der Waals surface area contributed by atoms with E-state index in [2.05, 4.69) is 39.3 Å². The fourth-order valence-corrected chi connectivity index (χ4v) is 5.74. The maximum absolute atomic E-state index is 10.6. The van der Waals surface area contributed by atoms with Gasteiger partial charge in [0, 0.05) is 36.9 Å². The molecule has 0 spiro atoms. The molecule has 3 aliphatic rings. The first-order valence-corrected chi connectivity index (χ1v) is 10.9. The van der Waals surface area contributed by atoms with Crippen LogP contribution < -0.4 is 4.74 Å². The summed E-state index contributed by atoms with van der Waals surface area (Å²) in [5.41, 5.74) is 2.43. The molecule has 0 radical (unpaired) electrons. The van der Waals surface area contributed by atoms with Gasteiger partial charge in [0.2, 0.25) is 0 Å². The number of ether oxygens (including phenoxy) is 2. The Morgan fingerprint density at radius 1 is 1.30 bits per heavy atom. The highest BCUT2D eigenvalue weighted by atomic mass is 32.1. The molecule has 158 valence electrons. The number of nitrogens with one attached hydrogen (secondary N) is 1. The molecule has 6 rings (SSSR count). The van der Waals surface area contributed by atoms with Crippen LogP contribution in [0, 0.1) is 5.41 Å². The number of likely N-dealkylation sites (N-methyl/N-ethyl adjacent to an activating group) is 1. The minimum atomic E-state index is -0.0738. The maximum Gasteiger partial charge on any atom is 0.294 e. The minimum Gasteiger partial charge on any atom is -0.507 e. The van der Waals surface area contributed by atoms with E-state index in [1.807, 2.05) is 12.1 Å². The topological polar surface area (TPSA) is 96.4 Å². The lowest BCUT2D eigenvalue weighted by Crippen LogP contribution is -2.68. The summed E-state index contributed by atoms with van der Waals surface area (Å²) in [6.45, 7) is 3.24. The molecule has 1 aromatic carbocycles. The summed E-state index contributed by atoms with van der Waals surface area (Å²) in [6, 6.07) is 5.84. The van der Waals surface area contributed by atoms with E-state index in [1.54, 1.807) is 25.6 Å². The number of aromatic amines is 1. The van der Waals surface area contributed by atoms with E-state index in [4.69, 9.17) is 9.47 Å². The third kappa shape index (κ3) is 3.17. The molecule has 4 atom stereocenters. The van der Waals surface area contributed by atoms with Crippen LogP contribution in [0.1, 0.15) is 19.8 Å². The molecule has 2 aliphatic heterocycles. The Morgan fingerprint density at radius 2 is 2.17 bits per heavy atom. The van der Waals surface area contributed by atoms with Crippen molar-refractivity contribution in [1.29, 1.82) is 0 Å². The average Bonchev–Trinajstić information content (AvgIpc) is 3.41. The molecule has 2 unspecified atom stereocenters. The van der Waals surface area contributed by atoms with Crippen LogP contribution in [0.25, 0.3) is 21.7 Å². The fourth-order valence-electron chi connectivity index (χ4n) is 4.98. The summed E-state index contributed by atoms with van der Waals surface area (Å²) in [4.78, 5) is 2.38. The van der Waals surface area contributed by atoms with Crippen molar-refractivity contribution in [2.75, 3.05) is 20.7 Å². The van der Waals surface area contributed by atoms with Crippen molar-refractivity contribution in [2.45, 2.75) is 38.0 Å². The molecule has 2 aromatic heterocycles. The normalized spacial score (nSPS) is 28.7. The first-order chi connectivity index (χ1) is 14.5. The van der Waals surface area contributed by atoms with Gasteiger partial charge in [0.05, 0.1) is 11.8 Å². The summed E-state index contributed by atoms with van der Waals surface area (Å²) >= 11 is 1.34. The molecular formula is C21H25N5O3S. The van der Waals surface area contributed by atoms with Gasteiger partial charge >= 0.3 is 0 Å². The van der Waals surface area contributed by atoms with Crippen molar-refractivity contribution >= 4 is 11.3 Å². The number of H-pyrrole nitrogens is 1. The lowest BCUT2D eigenvalue weighted by atomic mass is 9.65. The fraction of sp³-hybridized carbons (Fsp3) is 0.476. The quantitative estimate of drug-likeness (QED) is 0.645. The SMILES string of the molecule is COC1C2CC[C@](C)(CN2C)[C@H]1Oc1nnc(-c2ccc(-c3cn[nH]c3)cc2O)s1. The molecule has 2 saturated heterocycles. The van der Waals surface area contributed by atoms with Crippen LogP contribution in [-0.2, 0) is 4.74 Å². The van der Waals surface area contributed by atoms with Crippen LogP contribution in [0.4, 0.5) is 0 Å². The van der Waals surface area contributed by atoms with E-state index in [9.17, 15) is 5.11 Å². The molecular weight excluding hydrogens is 402 g/mol. The Morgan fingerprint density at radius 3 is 2.87 bits per heavy atom. The monoisotopic (exact) mass is 427 g/mol. The van der Waals surface area contributed by atoms with Crippen molar-refractivity contribution in [2.24, 2.45) is 5.41 Å². The number of aromatic hydroxyl groups is 1. The van der Waals surface area contributed by atoms with Crippen molar-refractivity contribution in [3.8, 4) is 32.6 Å². The van der Waals surface area contributed by atoms with Crippen LogP contribution in [0.2, 0.25) is 0 Å². The zero-order valence-electron chi connectivity index (χ0n) is 17.2. The van der Waals surface area contributed by atoms with Crippen LogP contribution in [0.5, 0.6) is 10.9 Å². The Hall–Kier alpha value is -2.49. The Balaban J connectivity index is 1.39. The molecule has 30 heavy (non-hydrogen) atoms. The van der Waals surface area contributed by atoms with E-state index < -0.39 is 0 Å². The Kier molecular flexibility index (Phi) is 4.76. The largest absolute Gasteiger partial charge is 0.507 e. The Labute approximate surface area is 178 Å². The summed E-state index contributed by atoms with van der Waals surface area (Å²) < 4.78 is 12.2. The van der Waals surface area contributed by atoms with Crippen LogP contribution >= 0.6 is 11.3 Å². The molecule has 2 N–H and O–H groups in total. The first kappa shape index (κ1) is 19.5. The molecule has 3 fully saturated rings. The number of hydrogen-bond donors (Lipinski definition) is 2. The highest BCUT2D eigenvalue weighted by molar-refractivity contribution is 7.16. The number of methoxy groups -OCH3 is 1. The van der Waals surface area contributed by atoms with Crippen molar-refractivity contribution in [3.05, 3.63) is 30.6 Å². The van der Waals surface area contributed by atoms with Gasteiger partial charge < -0.3 is 19.5 Å². The lowest BCUT2D eigenvalue weighted by Gasteiger charge is -2.57. The summed E-state index contributed by atoms with van der Waals surface area (Å²) in [6.07, 6.45) is 5.65. The smallest absolute Gasteiger partial charge is 0.294 e. The third-order valence-electron chi connectivity index (χ3n) is 6.52.